The molecule has 22 heavy (non-hydrogen) atoms. The van der Waals surface area contributed by atoms with Crippen LogP contribution in [0.3, 0.4) is 0 Å². The van der Waals surface area contributed by atoms with E-state index in [1.807, 2.05) is 36.6 Å². The van der Waals surface area contributed by atoms with Crippen LogP contribution >= 0.6 is 11.3 Å². The fourth-order valence-corrected chi connectivity index (χ4v) is 2.84. The van der Waals surface area contributed by atoms with Crippen LogP contribution in [0.1, 0.15) is 26.8 Å². The molecule has 3 rings (SSSR count). The monoisotopic (exact) mass is 313 g/mol. The van der Waals surface area contributed by atoms with Crippen LogP contribution in [0.4, 0.5) is 5.69 Å². The van der Waals surface area contributed by atoms with Crippen molar-refractivity contribution >= 4 is 22.9 Å². The minimum atomic E-state index is -0.214. The first kappa shape index (κ1) is 14.5. The Hall–Kier alpha value is -2.47. The Morgan fingerprint density at radius 3 is 2.45 bits per heavy atom. The van der Waals surface area contributed by atoms with Gasteiger partial charge in [0.05, 0.1) is 16.4 Å². The Kier molecular flexibility index (Phi) is 3.77. The molecule has 0 spiro atoms. The largest absolute Gasteiger partial charge is 0.361 e. The molecule has 0 radical (unpaired) electrons. The summed E-state index contributed by atoms with van der Waals surface area (Å²) in [6, 6.07) is 7.61. The van der Waals surface area contributed by atoms with E-state index in [1.54, 1.807) is 25.2 Å². The second kappa shape index (κ2) is 5.73. The number of anilines is 1. The molecule has 0 saturated carbocycles. The average Bonchev–Trinajstić information content (AvgIpc) is 3.06. The maximum Gasteiger partial charge on any atom is 0.261 e. The van der Waals surface area contributed by atoms with Crippen LogP contribution in [0.5, 0.6) is 0 Å². The first-order chi connectivity index (χ1) is 10.5. The van der Waals surface area contributed by atoms with Crippen molar-refractivity contribution in [1.82, 2.24) is 10.1 Å². The lowest BCUT2D eigenvalue weighted by Gasteiger charge is -2.05. The van der Waals surface area contributed by atoms with Crippen molar-refractivity contribution in [2.45, 2.75) is 20.8 Å². The molecular formula is C16H15N3O2S. The number of aryl methyl sites for hydroxylation is 3. The maximum atomic E-state index is 12.3. The van der Waals surface area contributed by atoms with Gasteiger partial charge in [0, 0.05) is 16.6 Å². The number of hydrogen-bond acceptors (Lipinski definition) is 5. The predicted octanol–water partition coefficient (Wildman–Crippen LogP) is 3.98. The molecular weight excluding hydrogens is 298 g/mol. The molecule has 0 aliphatic heterocycles. The quantitative estimate of drug-likeness (QED) is 0.794. The summed E-state index contributed by atoms with van der Waals surface area (Å²) in [5.74, 6) is 0.304. The van der Waals surface area contributed by atoms with E-state index in [-0.39, 0.29) is 5.91 Å². The Balaban J connectivity index is 1.78. The highest BCUT2D eigenvalue weighted by Gasteiger charge is 2.17. The highest BCUT2D eigenvalue weighted by Crippen LogP contribution is 2.23. The molecule has 1 amide bonds. The van der Waals surface area contributed by atoms with E-state index in [2.05, 4.69) is 15.5 Å². The average molecular weight is 313 g/mol. The number of thiazole rings is 1. The maximum absolute atomic E-state index is 12.3. The van der Waals surface area contributed by atoms with Crippen LogP contribution < -0.4 is 5.32 Å². The molecule has 5 nitrogen and oxygen atoms in total. The predicted molar refractivity (Wildman–Crippen MR) is 86.2 cm³/mol. The van der Waals surface area contributed by atoms with Gasteiger partial charge in [0.15, 0.2) is 0 Å². The molecule has 2 aromatic heterocycles. The van der Waals surface area contributed by atoms with Gasteiger partial charge in [0.2, 0.25) is 0 Å². The molecule has 1 aromatic carbocycles. The molecule has 3 aromatic rings. The molecule has 2 heterocycles. The second-order valence-corrected chi connectivity index (χ2v) is 6.04. The van der Waals surface area contributed by atoms with Gasteiger partial charge in [-0.05, 0) is 32.9 Å². The minimum absolute atomic E-state index is 0.214. The van der Waals surface area contributed by atoms with Crippen molar-refractivity contribution in [3.63, 3.8) is 0 Å². The van der Waals surface area contributed by atoms with Gasteiger partial charge in [-0.25, -0.2) is 4.98 Å². The number of aromatic nitrogens is 2. The van der Waals surface area contributed by atoms with Crippen LogP contribution in [-0.4, -0.2) is 16.0 Å². The highest BCUT2D eigenvalue weighted by atomic mass is 32.1. The van der Waals surface area contributed by atoms with E-state index >= 15 is 0 Å². The van der Waals surface area contributed by atoms with Gasteiger partial charge in [-0.2, -0.15) is 0 Å². The fraction of sp³-hybridized carbons (Fsp3) is 0.188. The number of nitrogens with zero attached hydrogens (tertiary/aromatic N) is 2. The van der Waals surface area contributed by atoms with Crippen LogP contribution in [0.2, 0.25) is 0 Å². The Bertz CT molecular complexity index is 799. The third kappa shape index (κ3) is 2.78. The summed E-state index contributed by atoms with van der Waals surface area (Å²) in [6.07, 6.45) is 0. The van der Waals surface area contributed by atoms with E-state index in [4.69, 9.17) is 4.52 Å². The minimum Gasteiger partial charge on any atom is -0.361 e. The van der Waals surface area contributed by atoms with Crippen molar-refractivity contribution < 1.29 is 9.32 Å². The van der Waals surface area contributed by atoms with Crippen LogP contribution in [-0.2, 0) is 0 Å². The van der Waals surface area contributed by atoms with E-state index < -0.39 is 0 Å². The van der Waals surface area contributed by atoms with Crippen molar-refractivity contribution in [3.05, 3.63) is 51.7 Å². The molecule has 0 atom stereocenters. The summed E-state index contributed by atoms with van der Waals surface area (Å²) < 4.78 is 5.02. The standard InChI is InChI=1S/C16H15N3O2S/c1-9-15(10(2)21-19-9)16(20)18-13-6-4-12(5-7-13)14-8-22-11(3)17-14/h4-8H,1-3H3,(H,18,20). The van der Waals surface area contributed by atoms with Crippen LogP contribution in [0.15, 0.2) is 34.2 Å². The van der Waals surface area contributed by atoms with Crippen LogP contribution in [0, 0.1) is 20.8 Å². The Morgan fingerprint density at radius 2 is 1.91 bits per heavy atom. The summed E-state index contributed by atoms with van der Waals surface area (Å²) in [7, 11) is 0. The Labute approximate surface area is 132 Å². The third-order valence-electron chi connectivity index (χ3n) is 3.32. The summed E-state index contributed by atoms with van der Waals surface area (Å²) in [6.45, 7) is 5.45. The summed E-state index contributed by atoms with van der Waals surface area (Å²) in [4.78, 5) is 16.7. The zero-order valence-corrected chi connectivity index (χ0v) is 13.3. The fourth-order valence-electron chi connectivity index (χ4n) is 2.22. The number of amides is 1. The zero-order valence-electron chi connectivity index (χ0n) is 12.5. The summed E-state index contributed by atoms with van der Waals surface area (Å²) in [5.41, 5.74) is 3.77. The van der Waals surface area contributed by atoms with E-state index in [1.165, 1.54) is 0 Å². The van der Waals surface area contributed by atoms with E-state index in [9.17, 15) is 4.79 Å². The number of benzene rings is 1. The van der Waals surface area contributed by atoms with Gasteiger partial charge in [-0.3, -0.25) is 4.79 Å². The Morgan fingerprint density at radius 1 is 1.18 bits per heavy atom. The smallest absolute Gasteiger partial charge is 0.261 e. The van der Waals surface area contributed by atoms with Crippen molar-refractivity contribution in [2.24, 2.45) is 0 Å². The lowest BCUT2D eigenvalue weighted by atomic mass is 10.1. The van der Waals surface area contributed by atoms with Gasteiger partial charge >= 0.3 is 0 Å². The molecule has 1 N–H and O–H groups in total. The lowest BCUT2D eigenvalue weighted by Crippen LogP contribution is -2.13. The van der Waals surface area contributed by atoms with Gasteiger partial charge in [-0.1, -0.05) is 17.3 Å². The van der Waals surface area contributed by atoms with Crippen molar-refractivity contribution in [1.29, 1.82) is 0 Å². The second-order valence-electron chi connectivity index (χ2n) is 4.98. The molecule has 0 unspecified atom stereocenters. The number of carbonyl (C=O) groups excluding carboxylic acids is 1. The SMILES string of the molecule is Cc1nc(-c2ccc(NC(=O)c3c(C)noc3C)cc2)cs1. The molecule has 0 saturated heterocycles. The van der Waals surface area contributed by atoms with Crippen molar-refractivity contribution in [3.8, 4) is 11.3 Å². The summed E-state index contributed by atoms with van der Waals surface area (Å²) in [5, 5.41) is 9.70. The molecule has 112 valence electrons. The van der Waals surface area contributed by atoms with Gasteiger partial charge < -0.3 is 9.84 Å². The number of nitrogens with one attached hydrogen (secondary N) is 1. The van der Waals surface area contributed by atoms with Crippen molar-refractivity contribution in [2.75, 3.05) is 5.32 Å². The highest BCUT2D eigenvalue weighted by molar-refractivity contribution is 7.09. The first-order valence-corrected chi connectivity index (χ1v) is 7.69. The molecule has 0 aliphatic rings. The van der Waals surface area contributed by atoms with Gasteiger partial charge in [0.25, 0.3) is 5.91 Å². The van der Waals surface area contributed by atoms with E-state index in [0.717, 1.165) is 22.0 Å². The summed E-state index contributed by atoms with van der Waals surface area (Å²) >= 11 is 1.62. The third-order valence-corrected chi connectivity index (χ3v) is 4.09. The molecule has 6 heteroatoms. The molecule has 0 bridgehead atoms. The molecule has 0 fully saturated rings. The molecule has 0 aliphatic carbocycles. The topological polar surface area (TPSA) is 68.0 Å². The lowest BCUT2D eigenvalue weighted by molar-refractivity contribution is 0.102. The van der Waals surface area contributed by atoms with Crippen LogP contribution in [0.25, 0.3) is 11.3 Å². The van der Waals surface area contributed by atoms with E-state index in [0.29, 0.717) is 17.0 Å². The van der Waals surface area contributed by atoms with Gasteiger partial charge in [0.1, 0.15) is 11.3 Å². The first-order valence-electron chi connectivity index (χ1n) is 6.81. The number of rotatable bonds is 3. The zero-order chi connectivity index (χ0) is 15.7. The number of carbonyl (C=O) groups is 1. The van der Waals surface area contributed by atoms with Gasteiger partial charge in [-0.15, -0.1) is 11.3 Å². The number of hydrogen-bond donors (Lipinski definition) is 1. The normalized spacial score (nSPS) is 10.7.